The maximum atomic E-state index is 12.8. The van der Waals surface area contributed by atoms with Crippen molar-refractivity contribution < 1.29 is 17.6 Å². The predicted octanol–water partition coefficient (Wildman–Crippen LogP) is 3.83. The van der Waals surface area contributed by atoms with Gasteiger partial charge in [0.1, 0.15) is 16.4 Å². The number of rotatable bonds is 5. The van der Waals surface area contributed by atoms with Crippen molar-refractivity contribution in [3.63, 3.8) is 0 Å². The normalized spacial score (nSPS) is 11.9. The zero-order valence-electron chi connectivity index (χ0n) is 12.3. The van der Waals surface area contributed by atoms with Crippen LogP contribution in [0.1, 0.15) is 11.5 Å². The van der Waals surface area contributed by atoms with Crippen LogP contribution in [-0.2, 0) is 16.6 Å². The van der Waals surface area contributed by atoms with E-state index in [1.54, 1.807) is 25.1 Å². The number of furan rings is 1. The van der Waals surface area contributed by atoms with Crippen LogP contribution >= 0.6 is 27.5 Å². The summed E-state index contributed by atoms with van der Waals surface area (Å²) in [4.78, 5) is 0.000142. The molecule has 0 spiro atoms. The van der Waals surface area contributed by atoms with Gasteiger partial charge in [0.15, 0.2) is 5.75 Å². The Hall–Kier alpha value is -1.02. The molecule has 0 atom stereocenters. The molecule has 0 unspecified atom stereocenters. The highest BCUT2D eigenvalue weighted by molar-refractivity contribution is 9.10. The molecule has 5 nitrogen and oxygen atoms in total. The molecule has 2 rings (SSSR count). The Labute approximate surface area is 143 Å². The van der Waals surface area contributed by atoms with Crippen LogP contribution in [-0.4, -0.2) is 26.9 Å². The summed E-state index contributed by atoms with van der Waals surface area (Å²) in [6.45, 7) is 1.92. The highest BCUT2D eigenvalue weighted by Crippen LogP contribution is 2.36. The van der Waals surface area contributed by atoms with Gasteiger partial charge >= 0.3 is 0 Å². The van der Waals surface area contributed by atoms with E-state index < -0.39 is 10.0 Å². The van der Waals surface area contributed by atoms with Gasteiger partial charge in [0.05, 0.1) is 18.1 Å². The van der Waals surface area contributed by atoms with Gasteiger partial charge in [-0.1, -0.05) is 11.6 Å². The molecule has 0 aliphatic heterocycles. The zero-order chi connectivity index (χ0) is 16.5. The van der Waals surface area contributed by atoms with Gasteiger partial charge in [0.2, 0.25) is 10.0 Å². The molecule has 1 heterocycles. The second kappa shape index (κ2) is 6.62. The van der Waals surface area contributed by atoms with Crippen LogP contribution < -0.4 is 4.74 Å². The first-order valence-corrected chi connectivity index (χ1v) is 8.91. The first-order chi connectivity index (χ1) is 10.3. The van der Waals surface area contributed by atoms with E-state index in [1.807, 2.05) is 0 Å². The van der Waals surface area contributed by atoms with E-state index in [4.69, 9.17) is 20.8 Å². The molecule has 0 radical (unpaired) electrons. The minimum Gasteiger partial charge on any atom is -0.494 e. The lowest BCUT2D eigenvalue weighted by atomic mass is 10.3. The van der Waals surface area contributed by atoms with Crippen molar-refractivity contribution in [1.82, 2.24) is 4.31 Å². The first-order valence-electron chi connectivity index (χ1n) is 6.30. The van der Waals surface area contributed by atoms with Crippen molar-refractivity contribution >= 4 is 37.6 Å². The van der Waals surface area contributed by atoms with Crippen LogP contribution in [0.3, 0.4) is 0 Å². The van der Waals surface area contributed by atoms with Crippen molar-refractivity contribution in [3.8, 4) is 5.75 Å². The summed E-state index contributed by atoms with van der Waals surface area (Å²) >= 11 is 9.23. The smallest absolute Gasteiger partial charge is 0.247 e. The van der Waals surface area contributed by atoms with E-state index in [1.165, 1.54) is 24.5 Å². The van der Waals surface area contributed by atoms with Crippen molar-refractivity contribution in [3.05, 3.63) is 45.3 Å². The Morgan fingerprint density at radius 2 is 2.05 bits per heavy atom. The predicted molar refractivity (Wildman–Crippen MR) is 87.8 cm³/mol. The number of aryl methyl sites for hydroxylation is 1. The number of nitrogens with zero attached hydrogens (tertiary/aromatic N) is 1. The highest BCUT2D eigenvalue weighted by Gasteiger charge is 2.27. The van der Waals surface area contributed by atoms with Crippen molar-refractivity contribution in [2.45, 2.75) is 18.4 Å². The van der Waals surface area contributed by atoms with E-state index in [2.05, 4.69) is 15.9 Å². The Bertz CT molecular complexity index is 788. The summed E-state index contributed by atoms with van der Waals surface area (Å²) < 4.78 is 37.8. The van der Waals surface area contributed by atoms with Gasteiger partial charge in [-0.3, -0.25) is 0 Å². The highest BCUT2D eigenvalue weighted by atomic mass is 79.9. The third-order valence-corrected chi connectivity index (χ3v) is 5.66. The molecule has 0 bridgehead atoms. The monoisotopic (exact) mass is 407 g/mol. The number of benzene rings is 1. The maximum absolute atomic E-state index is 12.8. The molecule has 0 saturated carbocycles. The van der Waals surface area contributed by atoms with Gasteiger partial charge in [0.25, 0.3) is 0 Å². The molecular weight excluding hydrogens is 394 g/mol. The number of halogens is 2. The Kier molecular flexibility index (Phi) is 5.21. The van der Waals surface area contributed by atoms with Crippen LogP contribution in [0.25, 0.3) is 0 Å². The molecule has 1 aromatic carbocycles. The van der Waals surface area contributed by atoms with E-state index >= 15 is 0 Å². The second-order valence-corrected chi connectivity index (χ2v) is 8.00. The van der Waals surface area contributed by atoms with Crippen molar-refractivity contribution in [2.75, 3.05) is 14.2 Å². The minimum absolute atomic E-state index is 0.000142. The molecule has 22 heavy (non-hydrogen) atoms. The standard InChI is InChI=1S/C14H15BrClNO4S/c1-9-4-5-11(21-9)8-17(2)22(18,19)13-7-10(16)6-12(15)14(13)20-3/h4-7H,8H2,1-3H3. The zero-order valence-corrected chi connectivity index (χ0v) is 15.4. The molecule has 2 aromatic rings. The first kappa shape index (κ1) is 17.3. The Morgan fingerprint density at radius 3 is 2.59 bits per heavy atom. The minimum atomic E-state index is -3.78. The van der Waals surface area contributed by atoms with Crippen LogP contribution in [0.4, 0.5) is 0 Å². The van der Waals surface area contributed by atoms with Gasteiger partial charge in [-0.2, -0.15) is 4.31 Å². The molecule has 0 fully saturated rings. The van der Waals surface area contributed by atoms with Gasteiger partial charge in [0, 0.05) is 12.1 Å². The number of hydrogen-bond donors (Lipinski definition) is 0. The summed E-state index contributed by atoms with van der Waals surface area (Å²) in [7, 11) is -0.902. The quantitative estimate of drug-likeness (QED) is 0.754. The van der Waals surface area contributed by atoms with E-state index in [9.17, 15) is 8.42 Å². The molecule has 1 aromatic heterocycles. The summed E-state index contributed by atoms with van der Waals surface area (Å²) in [6.07, 6.45) is 0. The largest absolute Gasteiger partial charge is 0.494 e. The topological polar surface area (TPSA) is 59.8 Å². The van der Waals surface area contributed by atoms with Crippen LogP contribution in [0.2, 0.25) is 5.02 Å². The van der Waals surface area contributed by atoms with Crippen LogP contribution in [0, 0.1) is 6.92 Å². The summed E-state index contributed by atoms with van der Waals surface area (Å²) in [6, 6.07) is 6.47. The number of hydrogen-bond acceptors (Lipinski definition) is 4. The Balaban J connectivity index is 2.41. The lowest BCUT2D eigenvalue weighted by Crippen LogP contribution is -2.26. The molecule has 0 aliphatic carbocycles. The van der Waals surface area contributed by atoms with Crippen LogP contribution in [0.15, 0.2) is 38.1 Å². The maximum Gasteiger partial charge on any atom is 0.247 e. The van der Waals surface area contributed by atoms with E-state index in [-0.39, 0.29) is 17.2 Å². The lowest BCUT2D eigenvalue weighted by molar-refractivity contribution is 0.383. The second-order valence-electron chi connectivity index (χ2n) is 4.69. The van der Waals surface area contributed by atoms with E-state index in [0.717, 1.165) is 5.76 Å². The molecule has 120 valence electrons. The van der Waals surface area contributed by atoms with Gasteiger partial charge < -0.3 is 9.15 Å². The molecule has 0 amide bonds. The molecule has 0 aliphatic rings. The average molecular weight is 409 g/mol. The SMILES string of the molecule is COc1c(Br)cc(Cl)cc1S(=O)(=O)N(C)Cc1ccc(C)o1. The molecule has 8 heteroatoms. The van der Waals surface area contributed by atoms with Gasteiger partial charge in [-0.05, 0) is 47.1 Å². The van der Waals surface area contributed by atoms with Crippen molar-refractivity contribution in [2.24, 2.45) is 0 Å². The number of methoxy groups -OCH3 is 1. The van der Waals surface area contributed by atoms with Crippen LogP contribution in [0.5, 0.6) is 5.75 Å². The molecular formula is C14H15BrClNO4S. The van der Waals surface area contributed by atoms with Gasteiger partial charge in [-0.25, -0.2) is 8.42 Å². The van der Waals surface area contributed by atoms with Gasteiger partial charge in [-0.15, -0.1) is 0 Å². The number of ether oxygens (including phenoxy) is 1. The molecule has 0 N–H and O–H groups in total. The fourth-order valence-corrected chi connectivity index (χ4v) is 4.47. The van der Waals surface area contributed by atoms with E-state index in [0.29, 0.717) is 15.3 Å². The third-order valence-electron chi connectivity index (χ3n) is 3.04. The summed E-state index contributed by atoms with van der Waals surface area (Å²) in [5.41, 5.74) is 0. The van der Waals surface area contributed by atoms with Crippen molar-refractivity contribution in [1.29, 1.82) is 0 Å². The third kappa shape index (κ3) is 3.48. The lowest BCUT2D eigenvalue weighted by Gasteiger charge is -2.18. The number of sulfonamides is 1. The Morgan fingerprint density at radius 1 is 1.36 bits per heavy atom. The fraction of sp³-hybridized carbons (Fsp3) is 0.286. The average Bonchev–Trinajstić information content (AvgIpc) is 2.83. The summed E-state index contributed by atoms with van der Waals surface area (Å²) in [5.74, 6) is 1.50. The molecule has 0 saturated heterocycles. The fourth-order valence-electron chi connectivity index (χ4n) is 1.97. The summed E-state index contributed by atoms with van der Waals surface area (Å²) in [5, 5.41) is 0.300.